The van der Waals surface area contributed by atoms with Gasteiger partial charge in [-0.2, -0.15) is 0 Å². The van der Waals surface area contributed by atoms with E-state index in [1.807, 2.05) is 6.92 Å². The van der Waals surface area contributed by atoms with Gasteiger partial charge in [-0.1, -0.05) is 23.2 Å². The highest BCUT2D eigenvalue weighted by Gasteiger charge is 2.31. The Morgan fingerprint density at radius 2 is 1.91 bits per heavy atom. The number of amides is 1. The van der Waals surface area contributed by atoms with Crippen LogP contribution in [0.4, 0.5) is 0 Å². The highest BCUT2D eigenvalue weighted by molar-refractivity contribution is 7.71. The number of ether oxygens (including phenoxy) is 1. The number of fused-ring (bicyclic) bond motifs is 1. The first-order valence-corrected chi connectivity index (χ1v) is 11.1. The first-order valence-electron chi connectivity index (χ1n) is 9.89. The molecule has 170 valence electrons. The molecule has 33 heavy (non-hydrogen) atoms. The smallest absolute Gasteiger partial charge is 0.339 e. The van der Waals surface area contributed by atoms with Crippen LogP contribution in [0, 0.1) is 4.77 Å². The fourth-order valence-corrected chi connectivity index (χ4v) is 4.32. The molecule has 1 N–H and O–H groups in total. The molecule has 0 bridgehead atoms. The monoisotopic (exact) mass is 504 g/mol. The topological polar surface area (TPSA) is 97.3 Å². The summed E-state index contributed by atoms with van der Waals surface area (Å²) in [5.74, 6) is -0.480. The van der Waals surface area contributed by atoms with Crippen LogP contribution in [0.5, 0.6) is 0 Å². The molecule has 1 amide bonds. The molecule has 11 heteroatoms. The number of methoxy groups -OCH3 is 1. The van der Waals surface area contributed by atoms with Crippen LogP contribution in [-0.2, 0) is 17.7 Å². The summed E-state index contributed by atoms with van der Waals surface area (Å²) in [5, 5.41) is 0.656. The number of pyridine rings is 1. The number of halogens is 2. The van der Waals surface area contributed by atoms with Gasteiger partial charge in [-0.3, -0.25) is 9.59 Å². The van der Waals surface area contributed by atoms with E-state index in [9.17, 15) is 14.4 Å². The quantitative estimate of drug-likeness (QED) is 0.428. The number of aromatic amines is 1. The van der Waals surface area contributed by atoms with Gasteiger partial charge in [0, 0.05) is 29.1 Å². The van der Waals surface area contributed by atoms with Crippen molar-refractivity contribution in [3.05, 3.63) is 84.1 Å². The van der Waals surface area contributed by atoms with E-state index in [-0.39, 0.29) is 40.2 Å². The van der Waals surface area contributed by atoms with E-state index in [1.54, 1.807) is 17.0 Å². The zero-order valence-electron chi connectivity index (χ0n) is 17.6. The zero-order valence-corrected chi connectivity index (χ0v) is 19.9. The van der Waals surface area contributed by atoms with E-state index in [0.29, 0.717) is 33.3 Å². The SMILES string of the molecule is COC(=O)c1ccc(-n2c(=S)[nH]c3c(c2=O)C[C@@H](C)N(C(=O)c2ccc(Cl)c(Cl)c2)C3)nc1. The van der Waals surface area contributed by atoms with E-state index >= 15 is 0 Å². The van der Waals surface area contributed by atoms with Crippen molar-refractivity contribution in [3.8, 4) is 5.82 Å². The summed E-state index contributed by atoms with van der Waals surface area (Å²) in [6.45, 7) is 2.05. The van der Waals surface area contributed by atoms with Crippen molar-refractivity contribution in [3.63, 3.8) is 0 Å². The van der Waals surface area contributed by atoms with Crippen molar-refractivity contribution >= 4 is 47.3 Å². The molecule has 3 heterocycles. The summed E-state index contributed by atoms with van der Waals surface area (Å²) in [6.07, 6.45) is 1.65. The largest absolute Gasteiger partial charge is 0.465 e. The molecule has 1 aliphatic rings. The summed E-state index contributed by atoms with van der Waals surface area (Å²) < 4.78 is 6.08. The highest BCUT2D eigenvalue weighted by Crippen LogP contribution is 2.26. The summed E-state index contributed by atoms with van der Waals surface area (Å²) in [4.78, 5) is 47.0. The number of rotatable bonds is 3. The number of H-pyrrole nitrogens is 1. The second-order valence-corrected chi connectivity index (χ2v) is 8.74. The van der Waals surface area contributed by atoms with Crippen LogP contribution in [-0.4, -0.2) is 44.5 Å². The number of nitrogens with zero attached hydrogens (tertiary/aromatic N) is 3. The molecular formula is C22H18Cl2N4O4S. The second kappa shape index (κ2) is 9.09. The first kappa shape index (κ1) is 23.2. The molecular weight excluding hydrogens is 487 g/mol. The van der Waals surface area contributed by atoms with Gasteiger partial charge in [0.15, 0.2) is 4.77 Å². The van der Waals surface area contributed by atoms with Crippen molar-refractivity contribution in [2.45, 2.75) is 25.9 Å². The van der Waals surface area contributed by atoms with Gasteiger partial charge in [0.25, 0.3) is 11.5 Å². The van der Waals surface area contributed by atoms with Gasteiger partial charge in [0.1, 0.15) is 5.82 Å². The number of hydrogen-bond donors (Lipinski definition) is 1. The number of aromatic nitrogens is 3. The lowest BCUT2D eigenvalue weighted by Gasteiger charge is -2.34. The molecule has 2 aromatic heterocycles. The summed E-state index contributed by atoms with van der Waals surface area (Å²) in [5.41, 5.74) is 1.43. The molecule has 8 nitrogen and oxygen atoms in total. The van der Waals surface area contributed by atoms with Crippen LogP contribution in [0.2, 0.25) is 10.0 Å². The Balaban J connectivity index is 1.69. The minimum Gasteiger partial charge on any atom is -0.465 e. The third kappa shape index (κ3) is 4.31. The predicted octanol–water partition coefficient (Wildman–Crippen LogP) is 3.97. The summed E-state index contributed by atoms with van der Waals surface area (Å²) in [6, 6.07) is 7.50. The first-order chi connectivity index (χ1) is 15.7. The van der Waals surface area contributed by atoms with Crippen LogP contribution in [0.3, 0.4) is 0 Å². The van der Waals surface area contributed by atoms with Crippen molar-refractivity contribution in [2.24, 2.45) is 0 Å². The lowest BCUT2D eigenvalue weighted by Crippen LogP contribution is -2.45. The maximum Gasteiger partial charge on any atom is 0.339 e. The Bertz CT molecular complexity index is 1380. The standard InChI is InChI=1S/C22H18Cl2N4O4S/c1-11-7-14-17(10-27(11)19(29)12-3-5-15(23)16(24)8-12)26-22(33)28(20(14)30)18-6-4-13(9-25-18)21(31)32-2/h3-6,8-9,11H,7,10H2,1-2H3,(H,26,33)/t11-/m1/s1. The van der Waals surface area contributed by atoms with Gasteiger partial charge < -0.3 is 14.6 Å². The average molecular weight is 505 g/mol. The van der Waals surface area contributed by atoms with Gasteiger partial charge in [-0.05, 0) is 55.9 Å². The van der Waals surface area contributed by atoms with Crippen molar-refractivity contribution in [2.75, 3.05) is 7.11 Å². The molecule has 0 unspecified atom stereocenters. The lowest BCUT2D eigenvalue weighted by molar-refractivity contribution is 0.0599. The number of hydrogen-bond acceptors (Lipinski definition) is 6. The Kier molecular flexibility index (Phi) is 6.38. The van der Waals surface area contributed by atoms with Crippen LogP contribution < -0.4 is 5.56 Å². The third-order valence-corrected chi connectivity index (χ3v) is 6.50. The molecule has 0 saturated carbocycles. The van der Waals surface area contributed by atoms with Gasteiger partial charge in [-0.25, -0.2) is 14.3 Å². The minimum atomic E-state index is -0.530. The maximum atomic E-state index is 13.3. The molecule has 4 rings (SSSR count). The fourth-order valence-electron chi connectivity index (χ4n) is 3.73. The Labute approximate surface area is 203 Å². The van der Waals surface area contributed by atoms with E-state index in [0.717, 1.165) is 0 Å². The van der Waals surface area contributed by atoms with Crippen molar-refractivity contribution in [1.82, 2.24) is 19.4 Å². The van der Waals surface area contributed by atoms with Gasteiger partial charge in [-0.15, -0.1) is 0 Å². The molecule has 1 atom stereocenters. The molecule has 0 spiro atoms. The van der Waals surface area contributed by atoms with Crippen molar-refractivity contribution < 1.29 is 14.3 Å². The molecule has 0 radical (unpaired) electrons. The lowest BCUT2D eigenvalue weighted by atomic mass is 9.98. The van der Waals surface area contributed by atoms with E-state index in [1.165, 1.54) is 36.1 Å². The molecule has 0 aliphatic carbocycles. The van der Waals surface area contributed by atoms with Crippen LogP contribution in [0.15, 0.2) is 41.3 Å². The van der Waals surface area contributed by atoms with E-state index < -0.39 is 5.97 Å². The third-order valence-electron chi connectivity index (χ3n) is 5.47. The Hall–Kier alpha value is -3.01. The minimum absolute atomic E-state index is 0.133. The molecule has 1 aliphatic heterocycles. The number of carbonyl (C=O) groups excluding carboxylic acids is 2. The molecule has 0 fully saturated rings. The van der Waals surface area contributed by atoms with Gasteiger partial charge >= 0.3 is 5.97 Å². The zero-order chi connectivity index (χ0) is 23.9. The summed E-state index contributed by atoms with van der Waals surface area (Å²) >= 11 is 17.4. The maximum absolute atomic E-state index is 13.3. The number of benzene rings is 1. The Morgan fingerprint density at radius 1 is 1.18 bits per heavy atom. The number of nitrogens with one attached hydrogen (secondary N) is 1. The van der Waals surface area contributed by atoms with E-state index in [4.69, 9.17) is 35.4 Å². The fraction of sp³-hybridized carbons (Fsp3) is 0.227. The van der Waals surface area contributed by atoms with Crippen LogP contribution >= 0.6 is 35.4 Å². The number of esters is 1. The second-order valence-electron chi connectivity index (χ2n) is 7.54. The Morgan fingerprint density at radius 3 is 2.55 bits per heavy atom. The molecule has 3 aromatic rings. The highest BCUT2D eigenvalue weighted by atomic mass is 35.5. The predicted molar refractivity (Wildman–Crippen MR) is 126 cm³/mol. The van der Waals surface area contributed by atoms with Crippen LogP contribution in [0.25, 0.3) is 5.82 Å². The normalized spacial score (nSPS) is 15.2. The molecule has 0 saturated heterocycles. The van der Waals surface area contributed by atoms with Crippen LogP contribution in [0.1, 0.15) is 38.9 Å². The van der Waals surface area contributed by atoms with Gasteiger partial charge in [0.05, 0.1) is 29.3 Å². The van der Waals surface area contributed by atoms with Gasteiger partial charge in [0.2, 0.25) is 0 Å². The summed E-state index contributed by atoms with van der Waals surface area (Å²) in [7, 11) is 1.28. The van der Waals surface area contributed by atoms with E-state index in [2.05, 4.69) is 14.7 Å². The van der Waals surface area contributed by atoms with Crippen molar-refractivity contribution in [1.29, 1.82) is 0 Å². The number of carbonyl (C=O) groups is 2. The average Bonchev–Trinajstić information content (AvgIpc) is 2.80. The molecule has 1 aromatic carbocycles.